The van der Waals surface area contributed by atoms with Crippen molar-refractivity contribution in [2.24, 2.45) is 5.41 Å². The van der Waals surface area contributed by atoms with Gasteiger partial charge in [0.15, 0.2) is 5.78 Å². The SMILES string of the molecule is C=CCc1ccc(OCCC)c(/C=C/C(=O)c2ccc(OC(=O)C(C)(C)C)cc2)c1OCCC. The zero-order valence-electron chi connectivity index (χ0n) is 21.0. The topological polar surface area (TPSA) is 61.8 Å². The summed E-state index contributed by atoms with van der Waals surface area (Å²) >= 11 is 0. The van der Waals surface area contributed by atoms with E-state index >= 15 is 0 Å². The molecule has 0 heterocycles. The summed E-state index contributed by atoms with van der Waals surface area (Å²) in [6.45, 7) is 14.4. The molecule has 0 fully saturated rings. The Bertz CT molecular complexity index is 1010. The van der Waals surface area contributed by atoms with Gasteiger partial charge in [-0.25, -0.2) is 0 Å². The Morgan fingerprint density at radius 1 is 0.941 bits per heavy atom. The van der Waals surface area contributed by atoms with Gasteiger partial charge in [0, 0.05) is 5.56 Å². The first-order valence-corrected chi connectivity index (χ1v) is 11.8. The van der Waals surface area contributed by atoms with Crippen molar-refractivity contribution in [3.8, 4) is 17.2 Å². The molecule has 0 atom stereocenters. The monoisotopic (exact) mass is 464 g/mol. The number of rotatable bonds is 12. The quantitative estimate of drug-likeness (QED) is 0.113. The molecular weight excluding hydrogens is 428 g/mol. The number of esters is 1. The maximum absolute atomic E-state index is 12.9. The number of carbonyl (C=O) groups is 2. The highest BCUT2D eigenvalue weighted by atomic mass is 16.5. The summed E-state index contributed by atoms with van der Waals surface area (Å²) in [5.74, 6) is 1.29. The number of ether oxygens (including phenoxy) is 3. The Morgan fingerprint density at radius 3 is 2.18 bits per heavy atom. The molecule has 182 valence electrons. The van der Waals surface area contributed by atoms with Crippen molar-refractivity contribution in [2.45, 2.75) is 53.9 Å². The van der Waals surface area contributed by atoms with Crippen LogP contribution >= 0.6 is 0 Å². The molecule has 0 N–H and O–H groups in total. The summed E-state index contributed by atoms with van der Waals surface area (Å²) in [6.07, 6.45) is 7.47. The summed E-state index contributed by atoms with van der Waals surface area (Å²) in [5.41, 5.74) is 1.61. The van der Waals surface area contributed by atoms with Gasteiger partial charge in [-0.2, -0.15) is 0 Å². The molecule has 0 aliphatic rings. The predicted octanol–water partition coefficient (Wildman–Crippen LogP) is 6.84. The summed E-state index contributed by atoms with van der Waals surface area (Å²) in [6, 6.07) is 10.4. The number of allylic oxidation sites excluding steroid dienone is 2. The lowest BCUT2D eigenvalue weighted by atomic mass is 9.97. The molecule has 5 heteroatoms. The van der Waals surface area contributed by atoms with Gasteiger partial charge in [0.1, 0.15) is 17.2 Å². The van der Waals surface area contributed by atoms with Crippen LogP contribution in [-0.4, -0.2) is 25.0 Å². The van der Waals surface area contributed by atoms with E-state index < -0.39 is 5.41 Å². The van der Waals surface area contributed by atoms with Crippen molar-refractivity contribution < 1.29 is 23.8 Å². The predicted molar refractivity (Wildman–Crippen MR) is 137 cm³/mol. The molecule has 0 saturated carbocycles. The van der Waals surface area contributed by atoms with E-state index in [-0.39, 0.29) is 11.8 Å². The highest BCUT2D eigenvalue weighted by Crippen LogP contribution is 2.35. The molecule has 0 aliphatic carbocycles. The van der Waals surface area contributed by atoms with E-state index in [1.807, 2.05) is 32.1 Å². The van der Waals surface area contributed by atoms with Crippen molar-refractivity contribution >= 4 is 17.8 Å². The zero-order valence-corrected chi connectivity index (χ0v) is 21.0. The lowest BCUT2D eigenvalue weighted by Gasteiger charge is -2.17. The van der Waals surface area contributed by atoms with Crippen molar-refractivity contribution in [1.82, 2.24) is 0 Å². The fraction of sp³-hybridized carbons (Fsp3) is 0.379. The Hall–Kier alpha value is -3.34. The smallest absolute Gasteiger partial charge is 0.316 e. The standard InChI is InChI=1S/C29H36O5/c1-7-10-22-13-18-26(32-19-8-2)24(27(22)33-20-9-3)16-17-25(30)21-11-14-23(15-12-21)34-28(31)29(4,5)6/h7,11-18H,1,8-10,19-20H2,2-6H3/b17-16+. The minimum Gasteiger partial charge on any atom is -0.493 e. The fourth-order valence-corrected chi connectivity index (χ4v) is 3.02. The molecule has 0 radical (unpaired) electrons. The molecule has 0 saturated heterocycles. The lowest BCUT2D eigenvalue weighted by Crippen LogP contribution is -2.25. The second kappa shape index (κ2) is 12.8. The van der Waals surface area contributed by atoms with Gasteiger partial charge >= 0.3 is 5.97 Å². The van der Waals surface area contributed by atoms with E-state index in [4.69, 9.17) is 14.2 Å². The summed E-state index contributed by atoms with van der Waals surface area (Å²) < 4.78 is 17.4. The van der Waals surface area contributed by atoms with Crippen LogP contribution in [0.3, 0.4) is 0 Å². The van der Waals surface area contributed by atoms with Gasteiger partial charge in [-0.05, 0) is 88.1 Å². The third-order valence-corrected chi connectivity index (χ3v) is 4.88. The molecule has 0 aromatic heterocycles. The Balaban J connectivity index is 2.32. The first-order valence-electron chi connectivity index (χ1n) is 11.8. The molecule has 2 aromatic carbocycles. The lowest BCUT2D eigenvalue weighted by molar-refractivity contribution is -0.143. The van der Waals surface area contributed by atoms with Crippen LogP contribution in [0.5, 0.6) is 17.2 Å². The van der Waals surface area contributed by atoms with Crippen LogP contribution < -0.4 is 14.2 Å². The molecule has 0 amide bonds. The van der Waals surface area contributed by atoms with Gasteiger partial charge in [-0.15, -0.1) is 6.58 Å². The van der Waals surface area contributed by atoms with E-state index in [2.05, 4.69) is 6.58 Å². The summed E-state index contributed by atoms with van der Waals surface area (Å²) in [7, 11) is 0. The second-order valence-corrected chi connectivity index (χ2v) is 9.02. The minimum atomic E-state index is -0.605. The fourth-order valence-electron chi connectivity index (χ4n) is 3.02. The number of benzene rings is 2. The zero-order chi connectivity index (χ0) is 25.1. The number of ketones is 1. The van der Waals surface area contributed by atoms with E-state index in [0.717, 1.165) is 24.0 Å². The highest BCUT2D eigenvalue weighted by molar-refractivity contribution is 6.07. The first kappa shape index (κ1) is 26.9. The van der Waals surface area contributed by atoms with E-state index in [9.17, 15) is 9.59 Å². The van der Waals surface area contributed by atoms with Crippen LogP contribution in [0.25, 0.3) is 6.08 Å². The first-order chi connectivity index (χ1) is 16.2. The van der Waals surface area contributed by atoms with Gasteiger partial charge in [0.25, 0.3) is 0 Å². The van der Waals surface area contributed by atoms with Gasteiger partial charge in [0.05, 0.1) is 24.2 Å². The van der Waals surface area contributed by atoms with E-state index in [1.54, 1.807) is 51.1 Å². The Kier molecular flexibility index (Phi) is 10.1. The van der Waals surface area contributed by atoms with E-state index in [1.165, 1.54) is 6.08 Å². The van der Waals surface area contributed by atoms with Crippen LogP contribution in [0.1, 0.15) is 68.9 Å². The van der Waals surface area contributed by atoms with Crippen molar-refractivity contribution in [1.29, 1.82) is 0 Å². The third-order valence-electron chi connectivity index (χ3n) is 4.88. The van der Waals surface area contributed by atoms with Crippen LogP contribution in [0.2, 0.25) is 0 Å². The maximum Gasteiger partial charge on any atom is 0.316 e. The Morgan fingerprint density at radius 2 is 1.59 bits per heavy atom. The molecule has 34 heavy (non-hydrogen) atoms. The largest absolute Gasteiger partial charge is 0.493 e. The highest BCUT2D eigenvalue weighted by Gasteiger charge is 2.23. The van der Waals surface area contributed by atoms with Crippen molar-refractivity contribution in [3.05, 3.63) is 71.8 Å². The third kappa shape index (κ3) is 7.62. The van der Waals surface area contributed by atoms with Crippen LogP contribution in [0.4, 0.5) is 0 Å². The molecule has 5 nitrogen and oxygen atoms in total. The van der Waals surface area contributed by atoms with Gasteiger partial charge in [-0.1, -0.05) is 26.0 Å². The molecule has 0 aliphatic heterocycles. The van der Waals surface area contributed by atoms with Crippen molar-refractivity contribution in [2.75, 3.05) is 13.2 Å². The minimum absolute atomic E-state index is 0.175. The molecular formula is C29H36O5. The average molecular weight is 465 g/mol. The van der Waals surface area contributed by atoms with Crippen LogP contribution in [0.15, 0.2) is 55.1 Å². The van der Waals surface area contributed by atoms with Crippen molar-refractivity contribution in [3.63, 3.8) is 0 Å². The summed E-state index contributed by atoms with van der Waals surface area (Å²) in [5, 5.41) is 0. The van der Waals surface area contributed by atoms with Gasteiger partial charge < -0.3 is 14.2 Å². The molecule has 0 spiro atoms. The molecule has 0 bridgehead atoms. The number of hydrogen-bond acceptors (Lipinski definition) is 5. The van der Waals surface area contributed by atoms with Gasteiger partial charge in [-0.3, -0.25) is 9.59 Å². The van der Waals surface area contributed by atoms with E-state index in [0.29, 0.717) is 42.4 Å². The molecule has 2 rings (SSSR count). The second-order valence-electron chi connectivity index (χ2n) is 9.02. The Labute approximate surface area is 203 Å². The number of carbonyl (C=O) groups excluding carboxylic acids is 2. The normalized spacial score (nSPS) is 11.3. The van der Waals surface area contributed by atoms with Crippen LogP contribution in [-0.2, 0) is 11.2 Å². The van der Waals surface area contributed by atoms with Gasteiger partial charge in [0.2, 0.25) is 0 Å². The maximum atomic E-state index is 12.9. The summed E-state index contributed by atoms with van der Waals surface area (Å²) in [4.78, 5) is 24.9. The number of hydrogen-bond donors (Lipinski definition) is 0. The molecule has 0 unspecified atom stereocenters. The molecule has 2 aromatic rings. The average Bonchev–Trinajstić information content (AvgIpc) is 2.81. The van der Waals surface area contributed by atoms with Crippen LogP contribution in [0, 0.1) is 5.41 Å².